The summed E-state index contributed by atoms with van der Waals surface area (Å²) in [4.78, 5) is 16.2. The fourth-order valence-corrected chi connectivity index (χ4v) is 2.25. The largest absolute Gasteiger partial charge is 0.493 e. The van der Waals surface area contributed by atoms with E-state index in [0.29, 0.717) is 27.9 Å². The number of aromatic nitrogens is 1. The lowest BCUT2D eigenvalue weighted by atomic mass is 10.1. The highest BCUT2D eigenvalue weighted by molar-refractivity contribution is 7.13. The Kier molecular flexibility index (Phi) is 4.41. The summed E-state index contributed by atoms with van der Waals surface area (Å²) >= 11 is 1.34. The number of hydrogen-bond acceptors (Lipinski definition) is 6. The molecule has 0 radical (unpaired) electrons. The van der Waals surface area contributed by atoms with Gasteiger partial charge in [0.2, 0.25) is 5.75 Å². The number of ether oxygens (including phenoxy) is 3. The number of thiazole rings is 1. The van der Waals surface area contributed by atoms with E-state index < -0.39 is 0 Å². The van der Waals surface area contributed by atoms with Gasteiger partial charge in [-0.05, 0) is 12.1 Å². The molecule has 1 N–H and O–H groups in total. The lowest BCUT2D eigenvalue weighted by Gasteiger charge is -2.15. The quantitative estimate of drug-likeness (QED) is 0.917. The summed E-state index contributed by atoms with van der Waals surface area (Å²) in [7, 11) is 4.48. The van der Waals surface area contributed by atoms with Crippen molar-refractivity contribution in [2.24, 2.45) is 0 Å². The third-order valence-electron chi connectivity index (χ3n) is 2.60. The van der Waals surface area contributed by atoms with Gasteiger partial charge in [0, 0.05) is 11.6 Å². The van der Waals surface area contributed by atoms with Crippen molar-refractivity contribution in [3.63, 3.8) is 0 Å². The number of nitrogens with zero attached hydrogens (tertiary/aromatic N) is 1. The number of carbonyl (C=O) groups is 1. The summed E-state index contributed by atoms with van der Waals surface area (Å²) in [6, 6.07) is 3.27. The van der Waals surface area contributed by atoms with Crippen molar-refractivity contribution in [3.05, 3.63) is 29.3 Å². The molecular weight excluding hydrogens is 280 g/mol. The Morgan fingerprint density at radius 3 is 2.45 bits per heavy atom. The molecule has 20 heavy (non-hydrogen) atoms. The maximum absolute atomic E-state index is 12.2. The summed E-state index contributed by atoms with van der Waals surface area (Å²) in [5.74, 6) is 0.871. The highest BCUT2D eigenvalue weighted by atomic mass is 32.1. The van der Waals surface area contributed by atoms with Crippen LogP contribution in [0, 0.1) is 0 Å². The zero-order valence-electron chi connectivity index (χ0n) is 11.3. The van der Waals surface area contributed by atoms with Crippen LogP contribution in [0.2, 0.25) is 0 Å². The average Bonchev–Trinajstić information content (AvgIpc) is 2.98. The van der Waals surface area contributed by atoms with E-state index in [9.17, 15) is 4.79 Å². The molecule has 0 saturated carbocycles. The van der Waals surface area contributed by atoms with E-state index in [4.69, 9.17) is 14.2 Å². The van der Waals surface area contributed by atoms with Crippen LogP contribution < -0.4 is 19.5 Å². The summed E-state index contributed by atoms with van der Waals surface area (Å²) in [6.07, 6.45) is 1.62. The topological polar surface area (TPSA) is 69.7 Å². The standard InChI is InChI=1S/C13H14N2O4S/c1-17-9-5-4-8(10(18-2)11(9)19-3)12(16)15-13-14-6-7-20-13/h4-7H,1-3H3,(H,14,15,16). The van der Waals surface area contributed by atoms with Crippen molar-refractivity contribution in [2.45, 2.75) is 0 Å². The van der Waals surface area contributed by atoms with Gasteiger partial charge in [0.25, 0.3) is 5.91 Å². The van der Waals surface area contributed by atoms with Crippen molar-refractivity contribution in [3.8, 4) is 17.2 Å². The number of hydrogen-bond donors (Lipinski definition) is 1. The van der Waals surface area contributed by atoms with Crippen LogP contribution in [0.25, 0.3) is 0 Å². The number of anilines is 1. The molecular formula is C13H14N2O4S. The zero-order valence-corrected chi connectivity index (χ0v) is 12.1. The predicted molar refractivity (Wildman–Crippen MR) is 76.2 cm³/mol. The van der Waals surface area contributed by atoms with Crippen LogP contribution in [-0.2, 0) is 0 Å². The molecule has 0 atom stereocenters. The van der Waals surface area contributed by atoms with E-state index in [2.05, 4.69) is 10.3 Å². The van der Waals surface area contributed by atoms with Crippen LogP contribution >= 0.6 is 11.3 Å². The van der Waals surface area contributed by atoms with Crippen molar-refractivity contribution in [2.75, 3.05) is 26.6 Å². The number of rotatable bonds is 5. The molecule has 0 saturated heterocycles. The molecule has 2 rings (SSSR count). The van der Waals surface area contributed by atoms with E-state index in [0.717, 1.165) is 0 Å². The molecule has 0 aliphatic heterocycles. The third-order valence-corrected chi connectivity index (χ3v) is 3.29. The highest BCUT2D eigenvalue weighted by Gasteiger charge is 2.21. The smallest absolute Gasteiger partial charge is 0.261 e. The van der Waals surface area contributed by atoms with Gasteiger partial charge in [-0.2, -0.15) is 0 Å². The van der Waals surface area contributed by atoms with Crippen molar-refractivity contribution in [1.82, 2.24) is 4.98 Å². The Hall–Kier alpha value is -2.28. The first-order valence-corrected chi connectivity index (χ1v) is 6.59. The van der Waals surface area contributed by atoms with Crippen LogP contribution in [0.5, 0.6) is 17.2 Å². The van der Waals surface area contributed by atoms with E-state index in [1.54, 1.807) is 23.7 Å². The Morgan fingerprint density at radius 2 is 1.90 bits per heavy atom. The molecule has 0 bridgehead atoms. The average molecular weight is 294 g/mol. The minimum atomic E-state index is -0.322. The van der Waals surface area contributed by atoms with Crippen LogP contribution in [0.4, 0.5) is 5.13 Å². The fourth-order valence-electron chi connectivity index (χ4n) is 1.73. The van der Waals surface area contributed by atoms with Gasteiger partial charge in [-0.25, -0.2) is 4.98 Å². The number of benzene rings is 1. The Balaban J connectivity index is 2.38. The van der Waals surface area contributed by atoms with E-state index >= 15 is 0 Å². The van der Waals surface area contributed by atoms with Gasteiger partial charge in [0.05, 0.1) is 26.9 Å². The molecule has 0 aliphatic rings. The fraction of sp³-hybridized carbons (Fsp3) is 0.231. The van der Waals surface area contributed by atoms with Crippen molar-refractivity contribution < 1.29 is 19.0 Å². The van der Waals surface area contributed by atoms with Crippen LogP contribution in [0.1, 0.15) is 10.4 Å². The number of amides is 1. The summed E-state index contributed by atoms with van der Waals surface area (Å²) in [5.41, 5.74) is 0.348. The van der Waals surface area contributed by atoms with Gasteiger partial charge in [-0.3, -0.25) is 10.1 Å². The molecule has 1 amide bonds. The molecule has 0 unspecified atom stereocenters. The van der Waals surface area contributed by atoms with Crippen molar-refractivity contribution in [1.29, 1.82) is 0 Å². The van der Waals surface area contributed by atoms with Gasteiger partial charge >= 0.3 is 0 Å². The first kappa shape index (κ1) is 14.1. The number of carbonyl (C=O) groups excluding carboxylic acids is 1. The molecule has 1 heterocycles. The highest BCUT2D eigenvalue weighted by Crippen LogP contribution is 2.39. The number of methoxy groups -OCH3 is 3. The third kappa shape index (κ3) is 2.67. The van der Waals surface area contributed by atoms with Gasteiger partial charge in [-0.15, -0.1) is 11.3 Å². The molecule has 7 heteroatoms. The van der Waals surface area contributed by atoms with Gasteiger partial charge in [0.15, 0.2) is 16.6 Å². The second-order valence-electron chi connectivity index (χ2n) is 3.67. The Labute approximate surface area is 120 Å². The molecule has 0 fully saturated rings. The SMILES string of the molecule is COc1ccc(C(=O)Nc2nccs2)c(OC)c1OC. The zero-order chi connectivity index (χ0) is 14.5. The molecule has 2 aromatic rings. The Bertz CT molecular complexity index is 599. The van der Waals surface area contributed by atoms with E-state index in [1.165, 1.54) is 32.7 Å². The lowest BCUT2D eigenvalue weighted by molar-refractivity contribution is 0.102. The predicted octanol–water partition coefficient (Wildman–Crippen LogP) is 2.42. The monoisotopic (exact) mass is 294 g/mol. The van der Waals surface area contributed by atoms with Crippen LogP contribution in [-0.4, -0.2) is 32.2 Å². The molecule has 106 valence electrons. The van der Waals surface area contributed by atoms with Gasteiger partial charge in [0.1, 0.15) is 0 Å². The molecule has 1 aromatic heterocycles. The molecule has 1 aromatic carbocycles. The Morgan fingerprint density at radius 1 is 1.15 bits per heavy atom. The maximum atomic E-state index is 12.2. The summed E-state index contributed by atoms with van der Waals surface area (Å²) in [6.45, 7) is 0. The van der Waals surface area contributed by atoms with Gasteiger partial charge < -0.3 is 14.2 Å². The summed E-state index contributed by atoms with van der Waals surface area (Å²) in [5, 5.41) is 4.99. The van der Waals surface area contributed by atoms with Crippen LogP contribution in [0.15, 0.2) is 23.7 Å². The minimum absolute atomic E-state index is 0.320. The molecule has 0 aliphatic carbocycles. The number of nitrogens with one attached hydrogen (secondary N) is 1. The van der Waals surface area contributed by atoms with Crippen molar-refractivity contribution >= 4 is 22.4 Å². The lowest BCUT2D eigenvalue weighted by Crippen LogP contribution is -2.13. The van der Waals surface area contributed by atoms with Gasteiger partial charge in [-0.1, -0.05) is 0 Å². The first-order valence-electron chi connectivity index (χ1n) is 5.71. The summed E-state index contributed by atoms with van der Waals surface area (Å²) < 4.78 is 15.7. The van der Waals surface area contributed by atoms with E-state index in [1.807, 2.05) is 0 Å². The first-order chi connectivity index (χ1) is 9.71. The van der Waals surface area contributed by atoms with E-state index in [-0.39, 0.29) is 5.91 Å². The molecule has 0 spiro atoms. The second kappa shape index (κ2) is 6.25. The minimum Gasteiger partial charge on any atom is -0.493 e. The molecule has 6 nitrogen and oxygen atoms in total. The van der Waals surface area contributed by atoms with Crippen LogP contribution in [0.3, 0.4) is 0 Å². The second-order valence-corrected chi connectivity index (χ2v) is 4.57. The normalized spacial score (nSPS) is 9.95. The maximum Gasteiger partial charge on any atom is 0.261 e.